The number of halogens is 2. The van der Waals surface area contributed by atoms with Crippen LogP contribution < -0.4 is 10.1 Å². The van der Waals surface area contributed by atoms with Crippen molar-refractivity contribution in [1.29, 1.82) is 0 Å². The molecule has 22 heavy (non-hydrogen) atoms. The normalized spacial score (nSPS) is 10.1. The van der Waals surface area contributed by atoms with Crippen LogP contribution in [0.3, 0.4) is 0 Å². The number of amides is 1. The van der Waals surface area contributed by atoms with E-state index in [4.69, 9.17) is 32.7 Å². The zero-order chi connectivity index (χ0) is 16.1. The third-order valence-electron chi connectivity index (χ3n) is 2.79. The summed E-state index contributed by atoms with van der Waals surface area (Å²) >= 11 is 11.5. The highest BCUT2D eigenvalue weighted by molar-refractivity contribution is 6.37. The fraction of sp³-hybridized carbons (Fsp3) is 0.133. The van der Waals surface area contributed by atoms with Gasteiger partial charge in [-0.05, 0) is 29.8 Å². The molecule has 2 aromatic carbocycles. The highest BCUT2D eigenvalue weighted by atomic mass is 35.5. The maximum atomic E-state index is 11.7. The first-order valence-corrected chi connectivity index (χ1v) is 7.00. The van der Waals surface area contributed by atoms with Gasteiger partial charge in [0.25, 0.3) is 0 Å². The van der Waals surface area contributed by atoms with Gasteiger partial charge in [0.1, 0.15) is 12.4 Å². The molecular formula is C15H13Cl2NO4. The first kappa shape index (κ1) is 16.3. The lowest BCUT2D eigenvalue weighted by Gasteiger charge is -2.09. The lowest BCUT2D eigenvalue weighted by molar-refractivity contribution is 0.155. The number of anilines is 1. The van der Waals surface area contributed by atoms with Gasteiger partial charge in [-0.3, -0.25) is 5.32 Å². The summed E-state index contributed by atoms with van der Waals surface area (Å²) in [6.45, 7) is 0.107. The third kappa shape index (κ3) is 4.19. The molecule has 0 atom stereocenters. The van der Waals surface area contributed by atoms with Crippen molar-refractivity contribution in [2.24, 2.45) is 0 Å². The molecule has 0 unspecified atom stereocenters. The summed E-state index contributed by atoms with van der Waals surface area (Å²) < 4.78 is 10.1. The molecule has 2 N–H and O–H groups in total. The average Bonchev–Trinajstić information content (AvgIpc) is 2.51. The predicted octanol–water partition coefficient (Wildman–Crippen LogP) is 4.46. The summed E-state index contributed by atoms with van der Waals surface area (Å²) in [6.07, 6.45) is -0.659. The summed E-state index contributed by atoms with van der Waals surface area (Å²) in [7, 11) is 1.58. The number of hydrogen-bond donors (Lipinski definition) is 2. The number of nitrogens with one attached hydrogen (secondary N) is 1. The number of benzene rings is 2. The van der Waals surface area contributed by atoms with Crippen LogP contribution in [-0.4, -0.2) is 18.3 Å². The standard InChI is InChI=1S/C15H13Cl2NO4/c1-21-11-4-2-9(3-5-11)8-22-15(20)18-10-6-12(16)14(19)13(17)7-10/h2-7,19H,8H2,1H3,(H,18,20). The van der Waals surface area contributed by atoms with E-state index in [1.54, 1.807) is 31.4 Å². The second-order valence-electron chi connectivity index (χ2n) is 4.34. The van der Waals surface area contributed by atoms with E-state index in [0.717, 1.165) is 11.3 Å². The Morgan fingerprint density at radius 2 is 1.77 bits per heavy atom. The molecule has 0 aliphatic heterocycles. The molecule has 7 heteroatoms. The fourth-order valence-corrected chi connectivity index (χ4v) is 2.15. The van der Waals surface area contributed by atoms with Crippen LogP contribution in [0, 0.1) is 0 Å². The van der Waals surface area contributed by atoms with Crippen molar-refractivity contribution in [3.63, 3.8) is 0 Å². The first-order valence-electron chi connectivity index (χ1n) is 6.24. The Labute approximate surface area is 137 Å². The molecule has 116 valence electrons. The minimum absolute atomic E-state index is 0.0398. The molecule has 0 spiro atoms. The monoisotopic (exact) mass is 341 g/mol. The van der Waals surface area contributed by atoms with Crippen LogP contribution in [0.15, 0.2) is 36.4 Å². The molecule has 5 nitrogen and oxygen atoms in total. The summed E-state index contributed by atoms with van der Waals surface area (Å²) in [5, 5.41) is 12.0. The van der Waals surface area contributed by atoms with Gasteiger partial charge >= 0.3 is 6.09 Å². The van der Waals surface area contributed by atoms with Gasteiger partial charge in [0.05, 0.1) is 17.2 Å². The average molecular weight is 342 g/mol. The van der Waals surface area contributed by atoms with Crippen LogP contribution >= 0.6 is 23.2 Å². The van der Waals surface area contributed by atoms with Gasteiger partial charge in [-0.15, -0.1) is 0 Å². The maximum Gasteiger partial charge on any atom is 0.411 e. The molecule has 1 amide bonds. The minimum atomic E-state index is -0.659. The molecule has 0 saturated heterocycles. The second-order valence-corrected chi connectivity index (χ2v) is 5.15. The summed E-state index contributed by atoms with van der Waals surface area (Å²) in [6, 6.07) is 9.88. The van der Waals surface area contributed by atoms with Crippen molar-refractivity contribution in [2.75, 3.05) is 12.4 Å². The molecule has 0 heterocycles. The lowest BCUT2D eigenvalue weighted by Crippen LogP contribution is -2.13. The smallest absolute Gasteiger partial charge is 0.411 e. The number of ether oxygens (including phenoxy) is 2. The zero-order valence-corrected chi connectivity index (χ0v) is 13.1. The van der Waals surface area contributed by atoms with Crippen molar-refractivity contribution in [3.05, 3.63) is 52.0 Å². The van der Waals surface area contributed by atoms with E-state index in [2.05, 4.69) is 5.32 Å². The van der Waals surface area contributed by atoms with Gasteiger partial charge < -0.3 is 14.6 Å². The van der Waals surface area contributed by atoms with Crippen LogP contribution in [0.2, 0.25) is 10.0 Å². The predicted molar refractivity (Wildman–Crippen MR) is 84.9 cm³/mol. The first-order chi connectivity index (χ1) is 10.5. The van der Waals surface area contributed by atoms with Crippen molar-refractivity contribution in [2.45, 2.75) is 6.61 Å². The van der Waals surface area contributed by atoms with Crippen molar-refractivity contribution >= 4 is 35.0 Å². The van der Waals surface area contributed by atoms with Crippen molar-refractivity contribution in [1.82, 2.24) is 0 Å². The summed E-state index contributed by atoms with van der Waals surface area (Å²) in [4.78, 5) is 11.7. The number of carbonyl (C=O) groups is 1. The summed E-state index contributed by atoms with van der Waals surface area (Å²) in [5.41, 5.74) is 1.14. The van der Waals surface area contributed by atoms with E-state index in [-0.39, 0.29) is 22.4 Å². The van der Waals surface area contributed by atoms with E-state index < -0.39 is 6.09 Å². The minimum Gasteiger partial charge on any atom is -0.505 e. The quantitative estimate of drug-likeness (QED) is 0.805. The van der Waals surface area contributed by atoms with Crippen LogP contribution in [0.1, 0.15) is 5.56 Å². The van der Waals surface area contributed by atoms with E-state index in [1.807, 2.05) is 0 Å². The largest absolute Gasteiger partial charge is 0.505 e. The highest BCUT2D eigenvalue weighted by Crippen LogP contribution is 2.34. The molecule has 0 aliphatic carbocycles. The topological polar surface area (TPSA) is 67.8 Å². The molecule has 0 aliphatic rings. The molecule has 2 aromatic rings. The van der Waals surface area contributed by atoms with Crippen LogP contribution in [-0.2, 0) is 11.3 Å². The SMILES string of the molecule is COc1ccc(COC(=O)Nc2cc(Cl)c(O)c(Cl)c2)cc1. The van der Waals surface area contributed by atoms with Crippen LogP contribution in [0.4, 0.5) is 10.5 Å². The van der Waals surface area contributed by atoms with E-state index in [9.17, 15) is 9.90 Å². The Kier molecular flexibility index (Phi) is 5.35. The van der Waals surface area contributed by atoms with Gasteiger partial charge in [-0.1, -0.05) is 35.3 Å². The van der Waals surface area contributed by atoms with E-state index in [1.165, 1.54) is 12.1 Å². The van der Waals surface area contributed by atoms with Crippen LogP contribution in [0.5, 0.6) is 11.5 Å². The molecular weight excluding hydrogens is 329 g/mol. The Hall–Kier alpha value is -2.11. The third-order valence-corrected chi connectivity index (χ3v) is 3.37. The molecule has 0 fully saturated rings. The van der Waals surface area contributed by atoms with Crippen LogP contribution in [0.25, 0.3) is 0 Å². The Bertz CT molecular complexity index is 651. The van der Waals surface area contributed by atoms with Gasteiger partial charge in [0, 0.05) is 5.69 Å². The Morgan fingerprint density at radius 3 is 2.32 bits per heavy atom. The van der Waals surface area contributed by atoms with Crippen molar-refractivity contribution in [3.8, 4) is 11.5 Å². The van der Waals surface area contributed by atoms with Gasteiger partial charge in [-0.25, -0.2) is 4.79 Å². The number of carbonyl (C=O) groups excluding carboxylic acids is 1. The van der Waals surface area contributed by atoms with Gasteiger partial charge in [0.2, 0.25) is 0 Å². The van der Waals surface area contributed by atoms with Gasteiger partial charge in [0.15, 0.2) is 5.75 Å². The molecule has 0 radical (unpaired) electrons. The Morgan fingerprint density at radius 1 is 1.18 bits per heavy atom. The second kappa shape index (κ2) is 7.24. The molecule has 0 aromatic heterocycles. The number of aromatic hydroxyl groups is 1. The fourth-order valence-electron chi connectivity index (χ4n) is 1.66. The van der Waals surface area contributed by atoms with Crippen molar-refractivity contribution < 1.29 is 19.4 Å². The Balaban J connectivity index is 1.92. The summed E-state index contributed by atoms with van der Waals surface area (Å²) in [5.74, 6) is 0.488. The molecule has 0 saturated carbocycles. The van der Waals surface area contributed by atoms with Gasteiger partial charge in [-0.2, -0.15) is 0 Å². The number of hydrogen-bond acceptors (Lipinski definition) is 4. The zero-order valence-electron chi connectivity index (χ0n) is 11.6. The maximum absolute atomic E-state index is 11.7. The van der Waals surface area contributed by atoms with E-state index in [0.29, 0.717) is 5.69 Å². The highest BCUT2D eigenvalue weighted by Gasteiger charge is 2.10. The lowest BCUT2D eigenvalue weighted by atomic mass is 10.2. The number of rotatable bonds is 4. The number of phenolic OH excluding ortho intramolecular Hbond substituents is 1. The number of phenols is 1. The molecule has 2 rings (SSSR count). The van der Waals surface area contributed by atoms with E-state index >= 15 is 0 Å². The molecule has 0 bridgehead atoms. The number of methoxy groups -OCH3 is 1.